The van der Waals surface area contributed by atoms with Crippen LogP contribution in [0.2, 0.25) is 0 Å². The summed E-state index contributed by atoms with van der Waals surface area (Å²) in [6.07, 6.45) is 1.01. The maximum atomic E-state index is 11.0. The molecule has 0 bridgehead atoms. The molecule has 0 aliphatic carbocycles. The maximum absolute atomic E-state index is 11.0. The Labute approximate surface area is 180 Å². The first-order valence-electron chi connectivity index (χ1n) is 10.5. The second kappa shape index (κ2) is 7.52. The maximum Gasteiger partial charge on any atom is 0.230 e. The molecular weight excluding hydrogens is 392 g/mol. The fraction of sp³-hybridized carbons (Fsp3) is 0.333. The van der Waals surface area contributed by atoms with Gasteiger partial charge < -0.3 is 5.11 Å². The summed E-state index contributed by atoms with van der Waals surface area (Å²) in [6, 6.07) is 17.5. The molecule has 1 aliphatic rings. The van der Waals surface area contributed by atoms with Crippen LogP contribution in [0.15, 0.2) is 48.5 Å². The summed E-state index contributed by atoms with van der Waals surface area (Å²) in [5.41, 5.74) is 5.30. The Morgan fingerprint density at radius 3 is 2.40 bits per heavy atom. The Hall–Kier alpha value is -2.70. The molecule has 0 radical (unpaired) electrons. The van der Waals surface area contributed by atoms with E-state index in [-0.39, 0.29) is 11.9 Å². The van der Waals surface area contributed by atoms with Gasteiger partial charge in [-0.05, 0) is 41.5 Å². The minimum Gasteiger partial charge on any atom is -0.492 e. The molecule has 2 aromatic carbocycles. The molecule has 6 heteroatoms. The molecule has 0 spiro atoms. The van der Waals surface area contributed by atoms with E-state index in [4.69, 9.17) is 0 Å². The van der Waals surface area contributed by atoms with E-state index in [2.05, 4.69) is 77.4 Å². The van der Waals surface area contributed by atoms with Gasteiger partial charge in [-0.3, -0.25) is 4.90 Å². The number of thiazole rings is 1. The van der Waals surface area contributed by atoms with Gasteiger partial charge in [0.2, 0.25) is 10.8 Å². The predicted molar refractivity (Wildman–Crippen MR) is 120 cm³/mol. The molecule has 5 rings (SSSR count). The zero-order valence-corrected chi connectivity index (χ0v) is 18.4. The van der Waals surface area contributed by atoms with Gasteiger partial charge in [0.15, 0.2) is 0 Å². The fourth-order valence-electron chi connectivity index (χ4n) is 4.36. The quantitative estimate of drug-likeness (QED) is 0.502. The van der Waals surface area contributed by atoms with E-state index in [1.54, 1.807) is 4.52 Å². The molecule has 5 nitrogen and oxygen atoms in total. The first kappa shape index (κ1) is 19.3. The Morgan fingerprint density at radius 1 is 1.00 bits per heavy atom. The Morgan fingerprint density at radius 2 is 1.70 bits per heavy atom. The molecule has 3 heterocycles. The van der Waals surface area contributed by atoms with Crippen molar-refractivity contribution < 1.29 is 5.11 Å². The van der Waals surface area contributed by atoms with Gasteiger partial charge in [-0.2, -0.15) is 4.52 Å². The van der Waals surface area contributed by atoms with Gasteiger partial charge in [0.25, 0.3) is 0 Å². The average molecular weight is 419 g/mol. The number of aromatic nitrogens is 3. The molecule has 30 heavy (non-hydrogen) atoms. The smallest absolute Gasteiger partial charge is 0.230 e. The van der Waals surface area contributed by atoms with Gasteiger partial charge >= 0.3 is 0 Å². The number of benzene rings is 2. The van der Waals surface area contributed by atoms with E-state index in [1.165, 1.54) is 33.6 Å². The Kier molecular flexibility index (Phi) is 4.83. The first-order valence-corrected chi connectivity index (χ1v) is 11.3. The largest absolute Gasteiger partial charge is 0.492 e. The minimum absolute atomic E-state index is 0.0339. The van der Waals surface area contributed by atoms with Crippen LogP contribution in [0.5, 0.6) is 5.88 Å². The highest BCUT2D eigenvalue weighted by Gasteiger charge is 2.31. The van der Waals surface area contributed by atoms with Crippen molar-refractivity contribution in [3.63, 3.8) is 0 Å². The van der Waals surface area contributed by atoms with Crippen LogP contribution in [0.4, 0.5) is 0 Å². The highest BCUT2D eigenvalue weighted by atomic mass is 32.1. The van der Waals surface area contributed by atoms with Crippen LogP contribution in [0, 0.1) is 6.92 Å². The van der Waals surface area contributed by atoms with Gasteiger partial charge in [-0.15, -0.1) is 5.10 Å². The van der Waals surface area contributed by atoms with Crippen molar-refractivity contribution >= 4 is 16.3 Å². The van der Waals surface area contributed by atoms with Crippen LogP contribution in [-0.2, 0) is 13.0 Å². The zero-order chi connectivity index (χ0) is 20.8. The molecule has 4 aromatic rings. The van der Waals surface area contributed by atoms with E-state index in [0.717, 1.165) is 29.3 Å². The summed E-state index contributed by atoms with van der Waals surface area (Å²) >= 11 is 1.53. The zero-order valence-electron chi connectivity index (χ0n) is 17.5. The SMILES string of the molecule is Cc1nc2sc([C@@H](c3ccc(C(C)C)cc3)N3CCc4ccccc4C3)c(O)n2n1. The van der Waals surface area contributed by atoms with E-state index in [1.807, 2.05) is 6.92 Å². The summed E-state index contributed by atoms with van der Waals surface area (Å²) in [5.74, 6) is 1.37. The monoisotopic (exact) mass is 418 g/mol. The Balaban J connectivity index is 1.60. The molecule has 0 fully saturated rings. The number of hydrogen-bond donors (Lipinski definition) is 1. The minimum atomic E-state index is -0.0339. The van der Waals surface area contributed by atoms with Crippen LogP contribution >= 0.6 is 11.3 Å². The molecular formula is C24H26N4OS. The van der Waals surface area contributed by atoms with Crippen LogP contribution < -0.4 is 0 Å². The molecule has 0 saturated heterocycles. The summed E-state index contributed by atoms with van der Waals surface area (Å²) in [6.45, 7) is 8.07. The van der Waals surface area contributed by atoms with Gasteiger partial charge in [0, 0.05) is 13.1 Å². The van der Waals surface area contributed by atoms with Gasteiger partial charge in [-0.25, -0.2) is 4.98 Å². The van der Waals surface area contributed by atoms with Crippen LogP contribution in [-0.4, -0.2) is 31.1 Å². The lowest BCUT2D eigenvalue weighted by atomic mass is 9.94. The van der Waals surface area contributed by atoms with Crippen molar-refractivity contribution in [2.45, 2.75) is 45.7 Å². The fourth-order valence-corrected chi connectivity index (χ4v) is 5.52. The molecule has 0 unspecified atom stereocenters. The van der Waals surface area contributed by atoms with Crippen LogP contribution in [0.25, 0.3) is 4.96 Å². The third-order valence-electron chi connectivity index (χ3n) is 6.00. The van der Waals surface area contributed by atoms with Crippen molar-refractivity contribution in [1.82, 2.24) is 19.5 Å². The Bertz CT molecular complexity index is 1190. The standard InChI is InChI=1S/C24H26N4OS/c1-15(2)17-8-10-19(11-9-17)21(22-23(29)28-24(30-22)25-16(3)26-28)27-13-12-18-6-4-5-7-20(18)14-27/h4-11,15,21,29H,12-14H2,1-3H3/t21-/m1/s1. The molecule has 2 aromatic heterocycles. The highest BCUT2D eigenvalue weighted by molar-refractivity contribution is 7.17. The highest BCUT2D eigenvalue weighted by Crippen LogP contribution is 2.41. The number of aryl methyl sites for hydroxylation is 1. The molecule has 0 amide bonds. The third-order valence-corrected chi connectivity index (χ3v) is 7.07. The van der Waals surface area contributed by atoms with Crippen molar-refractivity contribution in [1.29, 1.82) is 0 Å². The van der Waals surface area contributed by atoms with Crippen LogP contribution in [0.3, 0.4) is 0 Å². The lowest BCUT2D eigenvalue weighted by Crippen LogP contribution is -2.34. The lowest BCUT2D eigenvalue weighted by Gasteiger charge is -2.35. The third kappa shape index (κ3) is 3.30. The summed E-state index contributed by atoms with van der Waals surface area (Å²) in [5, 5.41) is 15.4. The number of fused-ring (bicyclic) bond motifs is 2. The van der Waals surface area contributed by atoms with Gasteiger partial charge in [-0.1, -0.05) is 73.7 Å². The topological polar surface area (TPSA) is 53.7 Å². The van der Waals surface area contributed by atoms with Crippen LogP contribution in [0.1, 0.15) is 58.8 Å². The predicted octanol–water partition coefficient (Wildman–Crippen LogP) is 5.08. The van der Waals surface area contributed by atoms with E-state index in [9.17, 15) is 5.11 Å². The molecule has 0 saturated carbocycles. The van der Waals surface area contributed by atoms with Gasteiger partial charge in [0.1, 0.15) is 5.82 Å². The number of aromatic hydroxyl groups is 1. The van der Waals surface area contributed by atoms with E-state index in [0.29, 0.717) is 11.7 Å². The van der Waals surface area contributed by atoms with Crippen molar-refractivity contribution in [2.24, 2.45) is 0 Å². The first-order chi connectivity index (χ1) is 14.5. The second-order valence-electron chi connectivity index (χ2n) is 8.36. The van der Waals surface area contributed by atoms with Crippen molar-refractivity contribution in [3.8, 4) is 5.88 Å². The summed E-state index contributed by atoms with van der Waals surface area (Å²) in [7, 11) is 0. The number of hydrogen-bond acceptors (Lipinski definition) is 5. The molecule has 1 atom stereocenters. The number of rotatable bonds is 4. The number of nitrogens with zero attached hydrogens (tertiary/aromatic N) is 4. The normalized spacial score (nSPS) is 15.6. The van der Waals surface area contributed by atoms with E-state index >= 15 is 0 Å². The van der Waals surface area contributed by atoms with E-state index < -0.39 is 0 Å². The lowest BCUT2D eigenvalue weighted by molar-refractivity contribution is 0.205. The van der Waals surface area contributed by atoms with Gasteiger partial charge in [0.05, 0.1) is 10.9 Å². The van der Waals surface area contributed by atoms with Crippen molar-refractivity contribution in [2.75, 3.05) is 6.54 Å². The summed E-state index contributed by atoms with van der Waals surface area (Å²) in [4.78, 5) is 8.59. The molecule has 154 valence electrons. The second-order valence-corrected chi connectivity index (χ2v) is 9.37. The molecule has 1 N–H and O–H groups in total. The average Bonchev–Trinajstić information content (AvgIpc) is 3.26. The molecule has 1 aliphatic heterocycles. The van der Waals surface area contributed by atoms with Crippen molar-refractivity contribution in [3.05, 3.63) is 81.5 Å². The summed E-state index contributed by atoms with van der Waals surface area (Å²) < 4.78 is 1.57.